The van der Waals surface area contributed by atoms with Crippen LogP contribution in [0.2, 0.25) is 0 Å². The Balaban J connectivity index is 1.35. The van der Waals surface area contributed by atoms with Crippen molar-refractivity contribution < 1.29 is 33.9 Å². The molecule has 296 valence electrons. The summed E-state index contributed by atoms with van der Waals surface area (Å²) in [6, 6.07) is 3.42. The van der Waals surface area contributed by atoms with E-state index in [4.69, 9.17) is 0 Å². The van der Waals surface area contributed by atoms with E-state index in [-0.39, 0.29) is 42.7 Å². The summed E-state index contributed by atoms with van der Waals surface area (Å²) in [5, 5.41) is 23.0. The minimum Gasteiger partial charge on any atom is -0.367 e. The zero-order valence-electron chi connectivity index (χ0n) is 33.0. The van der Waals surface area contributed by atoms with Gasteiger partial charge in [-0.25, -0.2) is 4.79 Å². The highest BCUT2D eigenvalue weighted by atomic mass is 16.3. The molecule has 0 spiro atoms. The van der Waals surface area contributed by atoms with Gasteiger partial charge in [-0.3, -0.25) is 24.0 Å². The molecule has 5 N–H and O–H groups in total. The lowest BCUT2D eigenvalue weighted by Crippen LogP contribution is -2.65. The second kappa shape index (κ2) is 15.5. The maximum atomic E-state index is 14.6. The number of nitrogens with zero attached hydrogens (tertiary/aromatic N) is 2. The Kier molecular flexibility index (Phi) is 11.7. The number of carbonyl (C=O) groups excluding carboxylic acids is 6. The largest absolute Gasteiger partial charge is 0.367 e. The molecule has 3 fully saturated rings. The molecule has 6 amide bonds. The number of carbonyl (C=O) groups is 6. The molecule has 2 heterocycles. The number of nitrogens with one attached hydrogen (secondary N) is 4. The summed E-state index contributed by atoms with van der Waals surface area (Å²) in [5.41, 5.74) is -2.45. The second-order valence-electron chi connectivity index (χ2n) is 17.7. The van der Waals surface area contributed by atoms with Gasteiger partial charge < -0.3 is 36.2 Å². The topological polar surface area (TPSA) is 177 Å². The van der Waals surface area contributed by atoms with Crippen LogP contribution in [0.15, 0.2) is 36.9 Å². The number of benzene rings is 1. The minimum atomic E-state index is -1.56. The molecule has 1 saturated heterocycles. The third-order valence-corrected chi connectivity index (χ3v) is 12.3. The number of hydrogen-bond donors (Lipinski definition) is 5. The summed E-state index contributed by atoms with van der Waals surface area (Å²) < 4.78 is 0. The van der Waals surface area contributed by atoms with E-state index in [2.05, 4.69) is 41.7 Å². The van der Waals surface area contributed by atoms with E-state index in [1.54, 1.807) is 36.1 Å². The third kappa shape index (κ3) is 7.92. The average Bonchev–Trinajstić information content (AvgIpc) is 3.37. The van der Waals surface area contributed by atoms with E-state index < -0.39 is 64.3 Å². The van der Waals surface area contributed by atoms with Gasteiger partial charge in [0, 0.05) is 30.8 Å². The Labute approximate surface area is 319 Å². The monoisotopic (exact) mass is 748 g/mol. The number of piperidine rings is 1. The summed E-state index contributed by atoms with van der Waals surface area (Å²) in [7, 11) is 0. The van der Waals surface area contributed by atoms with Crippen molar-refractivity contribution >= 4 is 35.4 Å². The van der Waals surface area contributed by atoms with Crippen molar-refractivity contribution in [3.05, 3.63) is 48.0 Å². The summed E-state index contributed by atoms with van der Waals surface area (Å²) in [5.74, 6) is -2.87. The number of fused-ring (bicyclic) bond motifs is 2. The molecule has 4 aliphatic rings. The highest BCUT2D eigenvalue weighted by molar-refractivity contribution is 6.38. The standard InChI is InChI=1S/C41H60N6O7/c1-9-11-19-28(31(48)34(50)42-22-10-2)43-33(49)30-29-27(39(29,6)7)23-46(30)36(52)32(38(3,4)5)44-37(53)45-41(20-15-12-16-21-41)24-47-35(51)25-17-13-14-18-26(25)40(47,8)54/h10,13-14,17-18,27-30,32,54H,2,9,11-12,15-16,19-24H2,1,3-8H3,(H,42,50)(H,43,49)(H2,44,45,53)/t27-,28?,29-,30-,32+,40?/m0/s1. The van der Waals surface area contributed by atoms with Gasteiger partial charge in [0.2, 0.25) is 17.6 Å². The van der Waals surface area contributed by atoms with Gasteiger partial charge in [-0.15, -0.1) is 6.58 Å². The average molecular weight is 749 g/mol. The van der Waals surface area contributed by atoms with E-state index >= 15 is 0 Å². The lowest BCUT2D eigenvalue weighted by atomic mass is 9.80. The van der Waals surface area contributed by atoms with Crippen molar-refractivity contribution in [3.63, 3.8) is 0 Å². The molecule has 1 aromatic carbocycles. The molecule has 0 aromatic heterocycles. The van der Waals surface area contributed by atoms with Crippen LogP contribution < -0.4 is 21.3 Å². The van der Waals surface area contributed by atoms with Crippen LogP contribution in [0.25, 0.3) is 0 Å². The molecular formula is C41H60N6O7. The first-order valence-corrected chi connectivity index (χ1v) is 19.6. The molecule has 13 heteroatoms. The van der Waals surface area contributed by atoms with Crippen molar-refractivity contribution in [1.29, 1.82) is 0 Å². The number of hydrogen-bond acceptors (Lipinski definition) is 7. The molecule has 1 aromatic rings. The molecule has 2 aliphatic carbocycles. The number of unbranched alkanes of at least 4 members (excludes halogenated alkanes) is 1. The quantitative estimate of drug-likeness (QED) is 0.142. The predicted molar refractivity (Wildman–Crippen MR) is 204 cm³/mol. The molecule has 2 aliphatic heterocycles. The smallest absolute Gasteiger partial charge is 0.315 e. The summed E-state index contributed by atoms with van der Waals surface area (Å²) >= 11 is 0. The molecule has 0 bridgehead atoms. The molecule has 5 rings (SSSR count). The normalized spacial score (nSPS) is 26.1. The van der Waals surface area contributed by atoms with Gasteiger partial charge in [-0.05, 0) is 54.9 Å². The maximum Gasteiger partial charge on any atom is 0.315 e. The first-order chi connectivity index (χ1) is 25.3. The molecule has 0 radical (unpaired) electrons. The number of likely N-dealkylation sites (tertiary alicyclic amines) is 1. The minimum absolute atomic E-state index is 0.0488. The van der Waals surface area contributed by atoms with Gasteiger partial charge in [0.25, 0.3) is 11.8 Å². The van der Waals surface area contributed by atoms with Crippen LogP contribution in [-0.4, -0.2) is 93.6 Å². The van der Waals surface area contributed by atoms with Gasteiger partial charge in [-0.1, -0.05) is 97.9 Å². The van der Waals surface area contributed by atoms with Gasteiger partial charge in [0.05, 0.1) is 11.6 Å². The van der Waals surface area contributed by atoms with Crippen LogP contribution in [-0.2, 0) is 24.9 Å². The number of aliphatic hydroxyl groups is 1. The van der Waals surface area contributed by atoms with Gasteiger partial charge in [-0.2, -0.15) is 0 Å². The van der Waals surface area contributed by atoms with E-state index in [1.807, 2.05) is 27.7 Å². The van der Waals surface area contributed by atoms with Crippen molar-refractivity contribution in [2.75, 3.05) is 19.6 Å². The Morgan fingerprint density at radius 2 is 1.70 bits per heavy atom. The Morgan fingerprint density at radius 1 is 1.04 bits per heavy atom. The fourth-order valence-electron chi connectivity index (χ4n) is 9.03. The van der Waals surface area contributed by atoms with Crippen LogP contribution in [0.5, 0.6) is 0 Å². The second-order valence-corrected chi connectivity index (χ2v) is 17.7. The number of rotatable bonds is 14. The van der Waals surface area contributed by atoms with E-state index in [9.17, 15) is 33.9 Å². The van der Waals surface area contributed by atoms with Crippen molar-refractivity contribution in [2.24, 2.45) is 22.7 Å². The molecule has 2 saturated carbocycles. The first kappa shape index (κ1) is 40.9. The third-order valence-electron chi connectivity index (χ3n) is 12.3. The summed E-state index contributed by atoms with van der Waals surface area (Å²) in [4.78, 5) is 85.2. The van der Waals surface area contributed by atoms with Gasteiger partial charge >= 0.3 is 6.03 Å². The fraction of sp³-hybridized carbons (Fsp3) is 0.659. The molecule has 6 atom stereocenters. The molecular weight excluding hydrogens is 688 g/mol. The van der Waals surface area contributed by atoms with Crippen LogP contribution in [0.1, 0.15) is 116 Å². The Hall–Kier alpha value is -4.26. The summed E-state index contributed by atoms with van der Waals surface area (Å²) in [6.45, 7) is 17.3. The van der Waals surface area contributed by atoms with Crippen LogP contribution in [0, 0.1) is 22.7 Å². The number of ketones is 1. The highest BCUT2D eigenvalue weighted by Gasteiger charge is 2.70. The van der Waals surface area contributed by atoms with Crippen molar-refractivity contribution in [3.8, 4) is 0 Å². The fourth-order valence-corrected chi connectivity index (χ4v) is 9.03. The SMILES string of the molecule is C=CCNC(=O)C(=O)C(CCCC)NC(=O)[C@@H]1[C@@H]2[C@H](CN1C(=O)[C@@H](NC(=O)NC1(CN3C(=O)c4ccccc4C3(C)O)CCCCC1)C(C)(C)C)C2(C)C. The Morgan fingerprint density at radius 3 is 2.31 bits per heavy atom. The molecule has 13 nitrogen and oxygen atoms in total. The van der Waals surface area contributed by atoms with E-state index in [0.717, 1.165) is 25.7 Å². The zero-order chi connectivity index (χ0) is 39.8. The zero-order valence-corrected chi connectivity index (χ0v) is 33.0. The Bertz CT molecular complexity index is 1660. The molecule has 54 heavy (non-hydrogen) atoms. The first-order valence-electron chi connectivity index (χ1n) is 19.6. The van der Waals surface area contributed by atoms with E-state index in [1.165, 1.54) is 11.0 Å². The highest BCUT2D eigenvalue weighted by Crippen LogP contribution is 2.65. The van der Waals surface area contributed by atoms with E-state index in [0.29, 0.717) is 36.9 Å². The number of amides is 6. The number of Topliss-reactive ketones (excluding diaryl/α,β-unsaturated/α-hetero) is 1. The van der Waals surface area contributed by atoms with Crippen LogP contribution in [0.3, 0.4) is 0 Å². The van der Waals surface area contributed by atoms with Gasteiger partial charge in [0.1, 0.15) is 12.1 Å². The van der Waals surface area contributed by atoms with Crippen molar-refractivity contribution in [1.82, 2.24) is 31.1 Å². The maximum absolute atomic E-state index is 14.6. The van der Waals surface area contributed by atoms with Crippen molar-refractivity contribution in [2.45, 2.75) is 129 Å². The number of urea groups is 1. The predicted octanol–water partition coefficient (Wildman–Crippen LogP) is 3.75. The van der Waals surface area contributed by atoms with Gasteiger partial charge in [0.15, 0.2) is 5.72 Å². The lowest BCUT2D eigenvalue weighted by Gasteiger charge is -2.44. The van der Waals surface area contributed by atoms with Crippen LogP contribution in [0.4, 0.5) is 4.79 Å². The van der Waals surface area contributed by atoms with Crippen LogP contribution >= 0.6 is 0 Å². The lowest BCUT2D eigenvalue weighted by molar-refractivity contribution is -0.145. The molecule has 2 unspecified atom stereocenters. The summed E-state index contributed by atoms with van der Waals surface area (Å²) in [6.07, 6.45) is 6.89.